The number of hydrogen-bond acceptors (Lipinski definition) is 12. The third-order valence-corrected chi connectivity index (χ3v) is 10.9. The van der Waals surface area contributed by atoms with Crippen LogP contribution >= 0.6 is 34.8 Å². The Hall–Kier alpha value is -5.76. The van der Waals surface area contributed by atoms with Crippen LogP contribution in [0, 0.1) is 0 Å². The molecule has 67 heavy (non-hydrogen) atoms. The molecule has 0 fully saturated rings. The molecule has 2 heterocycles. The lowest BCUT2D eigenvalue weighted by molar-refractivity contribution is -0.139. The smallest absolute Gasteiger partial charge is 0.326 e. The van der Waals surface area contributed by atoms with Crippen LogP contribution < -0.4 is 31.6 Å². The fourth-order valence-electron chi connectivity index (χ4n) is 6.59. The topological polar surface area (TPSA) is 237 Å². The molecule has 0 bridgehead atoms. The van der Waals surface area contributed by atoms with Gasteiger partial charge in [0.1, 0.15) is 28.7 Å². The summed E-state index contributed by atoms with van der Waals surface area (Å²) in [5.74, 6) is -1.71. The van der Waals surface area contributed by atoms with Gasteiger partial charge in [-0.2, -0.15) is 5.10 Å². The summed E-state index contributed by atoms with van der Waals surface area (Å²) in [7, 11) is 1.74. The molecule has 0 aliphatic heterocycles. The first-order valence-electron chi connectivity index (χ1n) is 21.5. The number of nitrogens with zero attached hydrogens (tertiary/aromatic N) is 3. The van der Waals surface area contributed by atoms with Crippen LogP contribution in [-0.4, -0.2) is 120 Å². The van der Waals surface area contributed by atoms with Crippen molar-refractivity contribution in [3.63, 3.8) is 0 Å². The van der Waals surface area contributed by atoms with Crippen molar-refractivity contribution in [3.05, 3.63) is 109 Å². The molecule has 18 nitrogen and oxygen atoms in total. The van der Waals surface area contributed by atoms with Crippen LogP contribution in [0.1, 0.15) is 73.9 Å². The normalized spacial score (nSPS) is 12.0. The number of H-pyrrole nitrogens is 1. The molecule has 6 N–H and O–H groups in total. The van der Waals surface area contributed by atoms with Crippen molar-refractivity contribution in [2.75, 3.05) is 65.1 Å². The fourth-order valence-corrected chi connectivity index (χ4v) is 7.57. The number of nitrogens with one attached hydrogen (secondary N) is 5. The highest BCUT2D eigenvalue weighted by Crippen LogP contribution is 2.35. The molecule has 0 radical (unpaired) electrons. The molecule has 0 saturated heterocycles. The average molecular weight is 986 g/mol. The molecule has 0 spiro atoms. The third kappa shape index (κ3) is 15.1. The Labute approximate surface area is 402 Å². The lowest BCUT2D eigenvalue weighted by Crippen LogP contribution is -2.47. The van der Waals surface area contributed by atoms with Gasteiger partial charge in [0.15, 0.2) is 11.2 Å². The summed E-state index contributed by atoms with van der Waals surface area (Å²) in [5.41, 5.74) is 1.61. The van der Waals surface area contributed by atoms with Gasteiger partial charge < -0.3 is 50.3 Å². The van der Waals surface area contributed by atoms with Crippen molar-refractivity contribution in [2.45, 2.75) is 64.5 Å². The molecule has 3 amide bonds. The van der Waals surface area contributed by atoms with Gasteiger partial charge in [-0.1, -0.05) is 60.8 Å². The summed E-state index contributed by atoms with van der Waals surface area (Å²) in [6.45, 7) is 9.30. The average Bonchev–Trinajstić information content (AvgIpc) is 3.66. The van der Waals surface area contributed by atoms with E-state index in [4.69, 9.17) is 58.7 Å². The Morgan fingerprint density at radius 1 is 0.851 bits per heavy atom. The number of carbonyl (C=O) groups is 4. The summed E-state index contributed by atoms with van der Waals surface area (Å²) in [5, 5.41) is 26.3. The Morgan fingerprint density at radius 2 is 1.45 bits per heavy atom. The van der Waals surface area contributed by atoms with E-state index in [9.17, 15) is 29.1 Å². The number of hydrogen-bond donors (Lipinski definition) is 6. The highest BCUT2D eigenvalue weighted by Gasteiger charge is 2.30. The number of benzene rings is 3. The van der Waals surface area contributed by atoms with E-state index < -0.39 is 23.5 Å². The number of anilines is 1. The molecule has 2 aromatic heterocycles. The molecule has 0 saturated carbocycles. The molecule has 5 rings (SSSR count). The van der Waals surface area contributed by atoms with Crippen molar-refractivity contribution in [3.8, 4) is 11.4 Å². The second kappa shape index (κ2) is 24.8. The number of aromatic nitrogens is 4. The lowest BCUT2D eigenvalue weighted by Gasteiger charge is -2.25. The number of rotatable bonds is 26. The van der Waals surface area contributed by atoms with Crippen LogP contribution in [0.2, 0.25) is 15.1 Å². The minimum Gasteiger partial charge on any atom is -0.480 e. The summed E-state index contributed by atoms with van der Waals surface area (Å²) >= 11 is 19.2. The molecule has 0 aliphatic rings. The van der Waals surface area contributed by atoms with E-state index >= 15 is 0 Å². The molecular weight excluding hydrogens is 931 g/mol. The molecule has 360 valence electrons. The second-order valence-corrected chi connectivity index (χ2v) is 17.2. The van der Waals surface area contributed by atoms with Gasteiger partial charge in [0.25, 0.3) is 17.4 Å². The van der Waals surface area contributed by atoms with Gasteiger partial charge in [0, 0.05) is 49.3 Å². The number of carbonyl (C=O) groups excluding carboxylic acids is 3. The fraction of sp³-hybridized carbons (Fsp3) is 0.413. The summed E-state index contributed by atoms with van der Waals surface area (Å²) in [6.07, 6.45) is 0.111. The molecule has 3 aromatic carbocycles. The first-order valence-corrected chi connectivity index (χ1v) is 22.6. The summed E-state index contributed by atoms with van der Waals surface area (Å²) in [6, 6.07) is 15.5. The Kier molecular flexibility index (Phi) is 19.4. The Bertz CT molecular complexity index is 2530. The predicted octanol–water partition coefficient (Wildman–Crippen LogP) is 5.93. The van der Waals surface area contributed by atoms with Gasteiger partial charge in [-0.25, -0.2) is 14.5 Å². The minimum absolute atomic E-state index is 0.0744. The summed E-state index contributed by atoms with van der Waals surface area (Å²) < 4.78 is 24.0. The number of amides is 3. The number of fused-ring (bicyclic) bond motifs is 1. The van der Waals surface area contributed by atoms with E-state index in [0.29, 0.717) is 64.4 Å². The van der Waals surface area contributed by atoms with Crippen LogP contribution in [0.25, 0.3) is 16.7 Å². The number of ether oxygens (including phenoxy) is 4. The van der Waals surface area contributed by atoms with E-state index in [1.165, 1.54) is 4.68 Å². The predicted molar refractivity (Wildman–Crippen MR) is 255 cm³/mol. The van der Waals surface area contributed by atoms with Gasteiger partial charge >= 0.3 is 5.97 Å². The van der Waals surface area contributed by atoms with Crippen LogP contribution in [-0.2, 0) is 35.0 Å². The first kappa shape index (κ1) is 52.2. The quantitative estimate of drug-likeness (QED) is 0.0353. The second-order valence-electron chi connectivity index (χ2n) is 16.0. The van der Waals surface area contributed by atoms with Crippen LogP contribution in [0.15, 0.2) is 65.5 Å². The number of aliphatic carboxylic acids is 1. The monoisotopic (exact) mass is 984 g/mol. The van der Waals surface area contributed by atoms with E-state index in [0.717, 1.165) is 11.3 Å². The standard InChI is InChI=1S/C46H55Cl3N8O10/c1-27(2)39-38-41(57(56-39)40-33(48)25-30(47)26-34(40)49)54-36(55-43(38)60)24-28-6-12-32(13-7-28)67-46(3,4)45(63)52-17-19-65-21-23-66-22-20-64-18-16-51-37(58)15-14-35(44(61)62)53-42(59)29-8-10-31(50-5)11-9-29/h6-13,25-27,35,50H,14-24H2,1-5H3,(H,51,58)(H,52,63)(H,53,59)(H,61,62)(H,54,55,60)/t35-/m1/s1. The Balaban J connectivity index is 0.941. The first-order chi connectivity index (χ1) is 32.0. The van der Waals surface area contributed by atoms with Crippen LogP contribution in [0.5, 0.6) is 5.75 Å². The van der Waals surface area contributed by atoms with Crippen molar-refractivity contribution >= 4 is 75.2 Å². The maximum Gasteiger partial charge on any atom is 0.326 e. The van der Waals surface area contributed by atoms with Gasteiger partial charge in [0.05, 0.1) is 55.4 Å². The zero-order chi connectivity index (χ0) is 48.7. The van der Waals surface area contributed by atoms with Crippen LogP contribution in [0.3, 0.4) is 0 Å². The largest absolute Gasteiger partial charge is 0.480 e. The number of halogens is 3. The number of aromatic amines is 1. The third-order valence-electron chi connectivity index (χ3n) is 10.1. The van der Waals surface area contributed by atoms with Crippen LogP contribution in [0.4, 0.5) is 5.69 Å². The van der Waals surface area contributed by atoms with E-state index in [1.54, 1.807) is 69.4 Å². The molecule has 0 aliphatic carbocycles. The van der Waals surface area contributed by atoms with E-state index in [-0.39, 0.29) is 85.5 Å². The van der Waals surface area contributed by atoms with Crippen molar-refractivity contribution in [1.29, 1.82) is 0 Å². The lowest BCUT2D eigenvalue weighted by atomic mass is 10.1. The summed E-state index contributed by atoms with van der Waals surface area (Å²) in [4.78, 5) is 70.4. The maximum atomic E-state index is 13.4. The molecule has 0 unspecified atom stereocenters. The van der Waals surface area contributed by atoms with E-state index in [1.807, 2.05) is 26.0 Å². The van der Waals surface area contributed by atoms with Crippen molar-refractivity contribution < 1.29 is 43.2 Å². The zero-order valence-corrected chi connectivity index (χ0v) is 40.1. The van der Waals surface area contributed by atoms with Gasteiger partial charge in [-0.15, -0.1) is 0 Å². The van der Waals surface area contributed by atoms with Gasteiger partial charge in [-0.05, 0) is 80.3 Å². The highest BCUT2D eigenvalue weighted by molar-refractivity contribution is 6.40. The SMILES string of the molecule is CNc1ccc(C(=O)N[C@H](CCC(=O)NCCOCCOCCOCCNC(=O)C(C)(C)Oc2ccc(Cc3nc4c(c(C(C)C)nn4-c4c(Cl)cc(Cl)cc4Cl)c(=O)[nH]3)cc2)C(=O)O)cc1. The van der Waals surface area contributed by atoms with Crippen molar-refractivity contribution in [2.24, 2.45) is 0 Å². The van der Waals surface area contributed by atoms with Gasteiger partial charge in [-0.3, -0.25) is 19.2 Å². The molecule has 21 heteroatoms. The van der Waals surface area contributed by atoms with Crippen molar-refractivity contribution in [1.82, 2.24) is 35.7 Å². The number of carboxylic acids is 1. The Morgan fingerprint density at radius 3 is 2.03 bits per heavy atom. The van der Waals surface area contributed by atoms with Gasteiger partial charge in [0.2, 0.25) is 5.91 Å². The number of carboxylic acid groups (broad SMARTS) is 1. The highest BCUT2D eigenvalue weighted by atomic mass is 35.5. The van der Waals surface area contributed by atoms with E-state index in [2.05, 4.69) is 31.3 Å². The molecular formula is C46H55Cl3N8O10. The zero-order valence-electron chi connectivity index (χ0n) is 37.8. The maximum absolute atomic E-state index is 13.4. The molecule has 1 atom stereocenters. The minimum atomic E-state index is -1.23. The molecule has 5 aromatic rings.